The molecule has 2 aromatic carbocycles. The molecule has 4 heteroatoms. The minimum Gasteiger partial charge on any atom is -0.346 e. The van der Waals surface area contributed by atoms with Gasteiger partial charge in [0.25, 0.3) is 0 Å². The molecule has 0 atom stereocenters. The van der Waals surface area contributed by atoms with Crippen molar-refractivity contribution in [3.8, 4) is 6.07 Å². The third-order valence-corrected chi connectivity index (χ3v) is 6.06. The van der Waals surface area contributed by atoms with Crippen molar-refractivity contribution in [3.05, 3.63) is 95.1 Å². The van der Waals surface area contributed by atoms with E-state index in [0.29, 0.717) is 18.2 Å². The molecule has 1 aliphatic rings. The fraction of sp³-hybridized carbons (Fsp3) is 0.346. The van der Waals surface area contributed by atoms with Crippen molar-refractivity contribution in [2.75, 3.05) is 0 Å². The monoisotopic (exact) mass is 401 g/mol. The maximum atomic E-state index is 13.6. The Bertz CT molecular complexity index is 1010. The molecule has 4 rings (SSSR count). The molecule has 1 saturated carbocycles. The fourth-order valence-electron chi connectivity index (χ4n) is 4.52. The number of hydrogen-bond acceptors (Lipinski definition) is 2. The molecule has 1 heterocycles. The maximum Gasteiger partial charge on any atom is 0.123 e. The van der Waals surface area contributed by atoms with E-state index in [-0.39, 0.29) is 5.82 Å². The first kappa shape index (κ1) is 20.4. The van der Waals surface area contributed by atoms with Gasteiger partial charge in [-0.25, -0.2) is 4.39 Å². The van der Waals surface area contributed by atoms with Gasteiger partial charge in [0.1, 0.15) is 5.82 Å². The molecule has 1 fully saturated rings. The number of rotatable bonds is 7. The average Bonchev–Trinajstić information content (AvgIpc) is 3.20. The average molecular weight is 402 g/mol. The van der Waals surface area contributed by atoms with Crippen LogP contribution in [0.1, 0.15) is 54.5 Å². The Labute approximate surface area is 178 Å². The Kier molecular flexibility index (Phi) is 6.61. The van der Waals surface area contributed by atoms with Gasteiger partial charge in [0.15, 0.2) is 0 Å². The van der Waals surface area contributed by atoms with Crippen molar-refractivity contribution in [3.63, 3.8) is 0 Å². The highest BCUT2D eigenvalue weighted by Gasteiger charge is 2.22. The molecule has 3 aromatic rings. The summed E-state index contributed by atoms with van der Waals surface area (Å²) in [7, 11) is 0. The number of nitriles is 1. The van der Waals surface area contributed by atoms with E-state index in [4.69, 9.17) is 0 Å². The zero-order chi connectivity index (χ0) is 20.8. The molecule has 30 heavy (non-hydrogen) atoms. The molecule has 0 unspecified atom stereocenters. The van der Waals surface area contributed by atoms with Crippen LogP contribution >= 0.6 is 0 Å². The first-order valence-corrected chi connectivity index (χ1v) is 10.8. The number of benzene rings is 2. The summed E-state index contributed by atoms with van der Waals surface area (Å²) in [5, 5.41) is 9.25. The summed E-state index contributed by atoms with van der Waals surface area (Å²) in [6.07, 6.45) is 8.41. The van der Waals surface area contributed by atoms with Crippen LogP contribution in [0.4, 0.5) is 4.39 Å². The first-order chi connectivity index (χ1) is 14.7. The summed E-state index contributed by atoms with van der Waals surface area (Å²) in [5.74, 6) is -0.192. The molecule has 0 radical (unpaired) electrons. The van der Waals surface area contributed by atoms with Gasteiger partial charge >= 0.3 is 0 Å². The van der Waals surface area contributed by atoms with Crippen LogP contribution in [0, 0.1) is 17.1 Å². The Morgan fingerprint density at radius 3 is 2.53 bits per heavy atom. The van der Waals surface area contributed by atoms with Gasteiger partial charge in [-0.15, -0.1) is 0 Å². The molecule has 0 amide bonds. The van der Waals surface area contributed by atoms with E-state index in [2.05, 4.69) is 39.9 Å². The minimum atomic E-state index is -0.192. The highest BCUT2D eigenvalue weighted by molar-refractivity contribution is 5.32. The van der Waals surface area contributed by atoms with Crippen molar-refractivity contribution < 1.29 is 4.39 Å². The van der Waals surface area contributed by atoms with Gasteiger partial charge in [-0.3, -0.25) is 4.90 Å². The van der Waals surface area contributed by atoms with Crippen LogP contribution in [-0.2, 0) is 19.6 Å². The molecule has 1 aromatic heterocycles. The molecule has 0 aliphatic heterocycles. The third kappa shape index (κ3) is 5.17. The van der Waals surface area contributed by atoms with E-state index in [9.17, 15) is 9.65 Å². The molecule has 0 N–H and O–H groups in total. The van der Waals surface area contributed by atoms with Gasteiger partial charge in [0.05, 0.1) is 11.6 Å². The molecule has 0 bridgehead atoms. The fourth-order valence-corrected chi connectivity index (χ4v) is 4.52. The summed E-state index contributed by atoms with van der Waals surface area (Å²) in [4.78, 5) is 2.56. The predicted molar refractivity (Wildman–Crippen MR) is 117 cm³/mol. The van der Waals surface area contributed by atoms with Crippen molar-refractivity contribution in [2.45, 2.75) is 57.8 Å². The molecular weight excluding hydrogens is 373 g/mol. The van der Waals surface area contributed by atoms with Gasteiger partial charge in [0.2, 0.25) is 0 Å². The topological polar surface area (TPSA) is 32.0 Å². The lowest BCUT2D eigenvalue weighted by Crippen LogP contribution is -2.36. The SMILES string of the molecule is N#Cc1cccc(CN(Cc2cccn2Cc2cccc(F)c2)C2CCCCC2)c1. The van der Waals surface area contributed by atoms with Crippen molar-refractivity contribution in [1.29, 1.82) is 5.26 Å². The van der Waals surface area contributed by atoms with E-state index < -0.39 is 0 Å². The Morgan fingerprint density at radius 2 is 1.73 bits per heavy atom. The zero-order valence-electron chi connectivity index (χ0n) is 17.3. The first-order valence-electron chi connectivity index (χ1n) is 10.8. The van der Waals surface area contributed by atoms with Crippen LogP contribution in [-0.4, -0.2) is 15.5 Å². The van der Waals surface area contributed by atoms with Crippen LogP contribution in [0.2, 0.25) is 0 Å². The zero-order valence-corrected chi connectivity index (χ0v) is 17.3. The van der Waals surface area contributed by atoms with E-state index in [0.717, 1.165) is 18.7 Å². The Balaban J connectivity index is 1.54. The Hall–Kier alpha value is -2.90. The number of halogens is 1. The highest BCUT2D eigenvalue weighted by Crippen LogP contribution is 2.26. The van der Waals surface area contributed by atoms with E-state index >= 15 is 0 Å². The lowest BCUT2D eigenvalue weighted by atomic mass is 9.93. The quantitative estimate of drug-likeness (QED) is 0.495. The van der Waals surface area contributed by atoms with E-state index in [1.807, 2.05) is 24.3 Å². The van der Waals surface area contributed by atoms with Gasteiger partial charge < -0.3 is 4.57 Å². The van der Waals surface area contributed by atoms with Gasteiger partial charge in [-0.2, -0.15) is 5.26 Å². The molecule has 1 aliphatic carbocycles. The van der Waals surface area contributed by atoms with E-state index in [1.165, 1.54) is 49.4 Å². The normalized spacial score (nSPS) is 14.7. The van der Waals surface area contributed by atoms with Gasteiger partial charge in [0, 0.05) is 37.6 Å². The summed E-state index contributed by atoms with van der Waals surface area (Å²) < 4.78 is 15.8. The second-order valence-electron chi connectivity index (χ2n) is 8.27. The summed E-state index contributed by atoms with van der Waals surface area (Å²) in [6.45, 7) is 2.36. The summed E-state index contributed by atoms with van der Waals surface area (Å²) in [5.41, 5.74) is 4.10. The number of nitrogens with zero attached hydrogens (tertiary/aromatic N) is 3. The lowest BCUT2D eigenvalue weighted by Gasteiger charge is -2.34. The second-order valence-corrected chi connectivity index (χ2v) is 8.27. The molecule has 3 nitrogen and oxygen atoms in total. The van der Waals surface area contributed by atoms with Crippen LogP contribution < -0.4 is 0 Å². The number of hydrogen-bond donors (Lipinski definition) is 0. The van der Waals surface area contributed by atoms with Crippen LogP contribution in [0.25, 0.3) is 0 Å². The smallest absolute Gasteiger partial charge is 0.123 e. The van der Waals surface area contributed by atoms with Crippen molar-refractivity contribution in [1.82, 2.24) is 9.47 Å². The largest absolute Gasteiger partial charge is 0.346 e. The van der Waals surface area contributed by atoms with Crippen LogP contribution in [0.15, 0.2) is 66.9 Å². The standard InChI is InChI=1S/C26H28FN3/c27-24-10-5-9-23(16-24)18-29-14-6-13-26(29)20-30(25-11-2-1-3-12-25)19-22-8-4-7-21(15-22)17-28/h4-10,13-16,25H,1-3,11-12,18-20H2. The second kappa shape index (κ2) is 9.73. The van der Waals surface area contributed by atoms with Gasteiger partial charge in [-0.05, 0) is 60.4 Å². The lowest BCUT2D eigenvalue weighted by molar-refractivity contribution is 0.137. The summed E-state index contributed by atoms with van der Waals surface area (Å²) in [6, 6.07) is 21.8. The van der Waals surface area contributed by atoms with Crippen LogP contribution in [0.5, 0.6) is 0 Å². The minimum absolute atomic E-state index is 0.192. The van der Waals surface area contributed by atoms with Crippen molar-refractivity contribution in [2.24, 2.45) is 0 Å². The highest BCUT2D eigenvalue weighted by atomic mass is 19.1. The number of aromatic nitrogens is 1. The van der Waals surface area contributed by atoms with Gasteiger partial charge in [-0.1, -0.05) is 43.5 Å². The predicted octanol–water partition coefficient (Wildman–Crippen LogP) is 5.88. The summed E-state index contributed by atoms with van der Waals surface area (Å²) >= 11 is 0. The Morgan fingerprint density at radius 1 is 0.933 bits per heavy atom. The molecule has 0 saturated heterocycles. The van der Waals surface area contributed by atoms with Crippen LogP contribution in [0.3, 0.4) is 0 Å². The van der Waals surface area contributed by atoms with Crippen molar-refractivity contribution >= 4 is 0 Å². The maximum absolute atomic E-state index is 13.6. The molecule has 154 valence electrons. The third-order valence-electron chi connectivity index (χ3n) is 6.06. The van der Waals surface area contributed by atoms with E-state index in [1.54, 1.807) is 12.1 Å². The molecular formula is C26H28FN3. The molecule has 0 spiro atoms.